The molecule has 1 aliphatic heterocycles. The van der Waals surface area contributed by atoms with Crippen molar-refractivity contribution >= 4 is 5.82 Å². The molecule has 2 rings (SSSR count). The molecule has 0 N–H and O–H groups in total. The van der Waals surface area contributed by atoms with Crippen LogP contribution in [0.1, 0.15) is 46.7 Å². The molecule has 1 aromatic rings. The highest BCUT2D eigenvalue weighted by atomic mass is 15.3. The summed E-state index contributed by atoms with van der Waals surface area (Å²) in [6.45, 7) is 13.4. The standard InChI is InChI=1S/C15H25N3/c1-11-8-12(2)10-18(9-11)14-7-6-13(16-17-14)15(3,4)5/h6-7,11-12H,8-10H2,1-5H3/t11-,12+. The first-order valence-corrected chi connectivity index (χ1v) is 6.95. The number of nitrogens with zero attached hydrogens (tertiary/aromatic N) is 3. The van der Waals surface area contributed by atoms with E-state index in [1.54, 1.807) is 0 Å². The maximum atomic E-state index is 4.41. The van der Waals surface area contributed by atoms with Crippen molar-refractivity contribution in [3.8, 4) is 0 Å². The van der Waals surface area contributed by atoms with Crippen LogP contribution in [0.25, 0.3) is 0 Å². The Morgan fingerprint density at radius 2 is 1.67 bits per heavy atom. The minimum absolute atomic E-state index is 0.0774. The zero-order valence-electron chi connectivity index (χ0n) is 12.3. The number of anilines is 1. The van der Waals surface area contributed by atoms with Gasteiger partial charge in [-0.3, -0.25) is 0 Å². The van der Waals surface area contributed by atoms with Gasteiger partial charge in [-0.05, 0) is 30.4 Å². The quantitative estimate of drug-likeness (QED) is 0.762. The van der Waals surface area contributed by atoms with Crippen molar-refractivity contribution in [2.45, 2.75) is 46.5 Å². The average Bonchev–Trinajstić information content (AvgIpc) is 2.27. The molecular formula is C15H25N3. The predicted molar refractivity (Wildman–Crippen MR) is 75.9 cm³/mol. The van der Waals surface area contributed by atoms with Crippen LogP contribution >= 0.6 is 0 Å². The summed E-state index contributed by atoms with van der Waals surface area (Å²) < 4.78 is 0. The van der Waals surface area contributed by atoms with Crippen molar-refractivity contribution in [2.75, 3.05) is 18.0 Å². The number of hydrogen-bond acceptors (Lipinski definition) is 3. The van der Waals surface area contributed by atoms with Crippen molar-refractivity contribution in [3.63, 3.8) is 0 Å². The van der Waals surface area contributed by atoms with Gasteiger partial charge in [0, 0.05) is 18.5 Å². The SMILES string of the molecule is C[C@@H]1C[C@H](C)CN(c2ccc(C(C)(C)C)nn2)C1. The van der Waals surface area contributed by atoms with Gasteiger partial charge >= 0.3 is 0 Å². The van der Waals surface area contributed by atoms with E-state index in [0.717, 1.165) is 36.4 Å². The van der Waals surface area contributed by atoms with Crippen LogP contribution in [0.4, 0.5) is 5.82 Å². The molecule has 1 aliphatic rings. The van der Waals surface area contributed by atoms with E-state index >= 15 is 0 Å². The normalized spacial score (nSPS) is 25.3. The second-order valence-corrected chi connectivity index (χ2v) is 6.88. The second kappa shape index (κ2) is 4.87. The zero-order valence-corrected chi connectivity index (χ0v) is 12.3. The fourth-order valence-electron chi connectivity index (χ4n) is 2.74. The molecule has 18 heavy (non-hydrogen) atoms. The molecule has 0 unspecified atom stereocenters. The van der Waals surface area contributed by atoms with E-state index in [2.05, 4.69) is 61.8 Å². The van der Waals surface area contributed by atoms with E-state index in [0.29, 0.717) is 0 Å². The number of aromatic nitrogens is 2. The van der Waals surface area contributed by atoms with Crippen LogP contribution in [0.15, 0.2) is 12.1 Å². The van der Waals surface area contributed by atoms with Gasteiger partial charge in [0.25, 0.3) is 0 Å². The first-order chi connectivity index (χ1) is 8.36. The molecule has 0 saturated carbocycles. The minimum atomic E-state index is 0.0774. The Labute approximate surface area is 111 Å². The lowest BCUT2D eigenvalue weighted by Gasteiger charge is -2.35. The lowest BCUT2D eigenvalue weighted by molar-refractivity contribution is 0.354. The zero-order chi connectivity index (χ0) is 13.3. The summed E-state index contributed by atoms with van der Waals surface area (Å²) in [6, 6.07) is 4.24. The van der Waals surface area contributed by atoms with Crippen LogP contribution in [0, 0.1) is 11.8 Å². The largest absolute Gasteiger partial charge is 0.355 e. The topological polar surface area (TPSA) is 29.0 Å². The molecule has 1 aromatic heterocycles. The first kappa shape index (κ1) is 13.3. The summed E-state index contributed by atoms with van der Waals surface area (Å²) in [5.41, 5.74) is 1.14. The number of rotatable bonds is 1. The summed E-state index contributed by atoms with van der Waals surface area (Å²) in [5.74, 6) is 2.53. The smallest absolute Gasteiger partial charge is 0.151 e. The summed E-state index contributed by atoms with van der Waals surface area (Å²) in [5, 5.41) is 8.80. The van der Waals surface area contributed by atoms with Gasteiger partial charge in [0.05, 0.1) is 5.69 Å². The van der Waals surface area contributed by atoms with Gasteiger partial charge in [0.2, 0.25) is 0 Å². The summed E-state index contributed by atoms with van der Waals surface area (Å²) in [6.07, 6.45) is 1.32. The summed E-state index contributed by atoms with van der Waals surface area (Å²) in [4.78, 5) is 2.37. The van der Waals surface area contributed by atoms with Gasteiger partial charge in [-0.25, -0.2) is 0 Å². The van der Waals surface area contributed by atoms with E-state index in [1.165, 1.54) is 6.42 Å². The molecular weight excluding hydrogens is 222 g/mol. The van der Waals surface area contributed by atoms with E-state index in [9.17, 15) is 0 Å². The van der Waals surface area contributed by atoms with E-state index in [1.807, 2.05) is 0 Å². The maximum Gasteiger partial charge on any atom is 0.151 e. The molecule has 0 amide bonds. The highest BCUT2D eigenvalue weighted by Crippen LogP contribution is 2.26. The molecule has 1 fully saturated rings. The van der Waals surface area contributed by atoms with Gasteiger partial charge in [0.15, 0.2) is 5.82 Å². The van der Waals surface area contributed by atoms with Crippen molar-refractivity contribution in [3.05, 3.63) is 17.8 Å². The van der Waals surface area contributed by atoms with Crippen LogP contribution in [0.5, 0.6) is 0 Å². The van der Waals surface area contributed by atoms with Gasteiger partial charge in [-0.2, -0.15) is 5.10 Å². The Hall–Kier alpha value is -1.12. The Morgan fingerprint density at radius 1 is 1.06 bits per heavy atom. The lowest BCUT2D eigenvalue weighted by atomic mass is 9.91. The van der Waals surface area contributed by atoms with Crippen LogP contribution in [-0.2, 0) is 5.41 Å². The Morgan fingerprint density at radius 3 is 2.11 bits per heavy atom. The van der Waals surface area contributed by atoms with E-state index in [-0.39, 0.29) is 5.41 Å². The molecule has 2 heterocycles. The molecule has 3 nitrogen and oxygen atoms in total. The minimum Gasteiger partial charge on any atom is -0.355 e. The van der Waals surface area contributed by atoms with E-state index in [4.69, 9.17) is 0 Å². The summed E-state index contributed by atoms with van der Waals surface area (Å²) >= 11 is 0. The second-order valence-electron chi connectivity index (χ2n) is 6.88. The first-order valence-electron chi connectivity index (χ1n) is 6.95. The summed E-state index contributed by atoms with van der Waals surface area (Å²) in [7, 11) is 0. The van der Waals surface area contributed by atoms with Crippen molar-refractivity contribution in [1.82, 2.24) is 10.2 Å². The molecule has 0 aliphatic carbocycles. The van der Waals surface area contributed by atoms with Gasteiger partial charge in [0.1, 0.15) is 0 Å². The van der Waals surface area contributed by atoms with Crippen LogP contribution < -0.4 is 4.90 Å². The maximum absolute atomic E-state index is 4.41. The molecule has 0 radical (unpaired) electrons. The fourth-order valence-corrected chi connectivity index (χ4v) is 2.74. The molecule has 0 bridgehead atoms. The van der Waals surface area contributed by atoms with Gasteiger partial charge in [-0.15, -0.1) is 5.10 Å². The molecule has 3 heteroatoms. The average molecular weight is 247 g/mol. The number of hydrogen-bond donors (Lipinski definition) is 0. The van der Waals surface area contributed by atoms with Crippen LogP contribution in [0.3, 0.4) is 0 Å². The van der Waals surface area contributed by atoms with Gasteiger partial charge < -0.3 is 4.90 Å². The third kappa shape index (κ3) is 3.01. The highest BCUT2D eigenvalue weighted by Gasteiger charge is 2.23. The van der Waals surface area contributed by atoms with Gasteiger partial charge in [-0.1, -0.05) is 34.6 Å². The Kier molecular flexibility index (Phi) is 3.60. The molecule has 2 atom stereocenters. The third-order valence-corrected chi connectivity index (χ3v) is 3.61. The molecule has 100 valence electrons. The van der Waals surface area contributed by atoms with Crippen LogP contribution in [0.2, 0.25) is 0 Å². The lowest BCUT2D eigenvalue weighted by Crippen LogP contribution is -2.39. The number of piperidine rings is 1. The Bertz CT molecular complexity index is 381. The third-order valence-electron chi connectivity index (χ3n) is 3.61. The Balaban J connectivity index is 2.14. The van der Waals surface area contributed by atoms with E-state index < -0.39 is 0 Å². The van der Waals surface area contributed by atoms with Crippen molar-refractivity contribution in [2.24, 2.45) is 11.8 Å². The van der Waals surface area contributed by atoms with Crippen molar-refractivity contribution in [1.29, 1.82) is 0 Å². The molecule has 0 spiro atoms. The van der Waals surface area contributed by atoms with Crippen LogP contribution in [-0.4, -0.2) is 23.3 Å². The monoisotopic (exact) mass is 247 g/mol. The fraction of sp³-hybridized carbons (Fsp3) is 0.733. The van der Waals surface area contributed by atoms with Crippen molar-refractivity contribution < 1.29 is 0 Å². The molecule has 0 aromatic carbocycles. The predicted octanol–water partition coefficient (Wildman–Crippen LogP) is 3.26. The highest BCUT2D eigenvalue weighted by molar-refractivity contribution is 5.38. The molecule has 1 saturated heterocycles.